The van der Waals surface area contributed by atoms with Crippen LogP contribution < -0.4 is 15.4 Å². The Morgan fingerprint density at radius 3 is 2.41 bits per heavy atom. The van der Waals surface area contributed by atoms with E-state index in [1.54, 1.807) is 6.07 Å². The van der Waals surface area contributed by atoms with Crippen LogP contribution in [0.2, 0.25) is 5.02 Å². The summed E-state index contributed by atoms with van der Waals surface area (Å²) in [6.45, 7) is 3.44. The summed E-state index contributed by atoms with van der Waals surface area (Å²) in [5.74, 6) is 0.828. The van der Waals surface area contributed by atoms with Crippen LogP contribution in [0.4, 0.5) is 4.79 Å². The summed E-state index contributed by atoms with van der Waals surface area (Å²) in [7, 11) is 0. The van der Waals surface area contributed by atoms with Gasteiger partial charge in [-0.05, 0) is 36.2 Å². The summed E-state index contributed by atoms with van der Waals surface area (Å²) in [4.78, 5) is 11.8. The predicted octanol–water partition coefficient (Wildman–Crippen LogP) is 3.74. The lowest BCUT2D eigenvalue weighted by Gasteiger charge is -2.09. The highest BCUT2D eigenvalue weighted by molar-refractivity contribution is 6.31. The third kappa shape index (κ3) is 4.97. The van der Waals surface area contributed by atoms with Gasteiger partial charge in [0.1, 0.15) is 5.75 Å². The van der Waals surface area contributed by atoms with Crippen molar-refractivity contribution in [2.75, 3.05) is 6.61 Å². The molecule has 22 heavy (non-hydrogen) atoms. The van der Waals surface area contributed by atoms with Gasteiger partial charge in [0.2, 0.25) is 0 Å². The van der Waals surface area contributed by atoms with Gasteiger partial charge in [-0.2, -0.15) is 0 Å². The summed E-state index contributed by atoms with van der Waals surface area (Å²) in [6.07, 6.45) is 0. The molecule has 0 spiro atoms. The zero-order chi connectivity index (χ0) is 15.8. The second-order valence-electron chi connectivity index (χ2n) is 4.70. The number of nitrogens with one attached hydrogen (secondary N) is 2. The van der Waals surface area contributed by atoms with Crippen LogP contribution >= 0.6 is 11.6 Å². The first-order valence-electron chi connectivity index (χ1n) is 7.16. The molecular formula is C17H19ClN2O2. The lowest BCUT2D eigenvalue weighted by atomic mass is 10.2. The molecule has 0 unspecified atom stereocenters. The predicted molar refractivity (Wildman–Crippen MR) is 88.1 cm³/mol. The Balaban J connectivity index is 1.76. The van der Waals surface area contributed by atoms with E-state index in [9.17, 15) is 4.79 Å². The van der Waals surface area contributed by atoms with Crippen molar-refractivity contribution in [3.63, 3.8) is 0 Å². The lowest BCUT2D eigenvalue weighted by Crippen LogP contribution is -2.34. The molecule has 116 valence electrons. The molecule has 0 saturated heterocycles. The number of urea groups is 1. The summed E-state index contributed by atoms with van der Waals surface area (Å²) >= 11 is 6.04. The summed E-state index contributed by atoms with van der Waals surface area (Å²) in [5.41, 5.74) is 1.90. The summed E-state index contributed by atoms with van der Waals surface area (Å²) in [5, 5.41) is 6.24. The topological polar surface area (TPSA) is 50.4 Å². The maximum Gasteiger partial charge on any atom is 0.315 e. The van der Waals surface area contributed by atoms with E-state index in [0.717, 1.165) is 16.9 Å². The van der Waals surface area contributed by atoms with Crippen molar-refractivity contribution in [2.24, 2.45) is 0 Å². The molecule has 0 atom stereocenters. The van der Waals surface area contributed by atoms with Crippen LogP contribution in [0.5, 0.6) is 5.75 Å². The van der Waals surface area contributed by atoms with Crippen LogP contribution in [0.25, 0.3) is 0 Å². The van der Waals surface area contributed by atoms with Gasteiger partial charge in [-0.25, -0.2) is 4.79 Å². The zero-order valence-corrected chi connectivity index (χ0v) is 13.2. The Morgan fingerprint density at radius 2 is 1.73 bits per heavy atom. The fourth-order valence-electron chi connectivity index (χ4n) is 1.93. The highest BCUT2D eigenvalue weighted by Gasteiger charge is 2.03. The van der Waals surface area contributed by atoms with Crippen LogP contribution in [0, 0.1) is 0 Å². The minimum Gasteiger partial charge on any atom is -0.494 e. The molecule has 0 bridgehead atoms. The van der Waals surface area contributed by atoms with Crippen LogP contribution in [0.15, 0.2) is 48.5 Å². The quantitative estimate of drug-likeness (QED) is 0.852. The lowest BCUT2D eigenvalue weighted by molar-refractivity contribution is 0.240. The van der Waals surface area contributed by atoms with E-state index in [0.29, 0.717) is 24.7 Å². The van der Waals surface area contributed by atoms with Crippen molar-refractivity contribution in [2.45, 2.75) is 20.0 Å². The van der Waals surface area contributed by atoms with E-state index < -0.39 is 0 Å². The maximum atomic E-state index is 11.8. The molecule has 2 N–H and O–H groups in total. The van der Waals surface area contributed by atoms with Crippen LogP contribution in [0.1, 0.15) is 18.1 Å². The monoisotopic (exact) mass is 318 g/mol. The minimum absolute atomic E-state index is 0.228. The first kappa shape index (κ1) is 16.2. The van der Waals surface area contributed by atoms with Crippen molar-refractivity contribution < 1.29 is 9.53 Å². The number of hydrogen-bond acceptors (Lipinski definition) is 2. The number of halogens is 1. The van der Waals surface area contributed by atoms with Gasteiger partial charge in [0.05, 0.1) is 6.61 Å². The normalized spacial score (nSPS) is 10.1. The highest BCUT2D eigenvalue weighted by Crippen LogP contribution is 2.14. The Morgan fingerprint density at radius 1 is 1.05 bits per heavy atom. The molecule has 0 radical (unpaired) electrons. The Labute approximate surface area is 135 Å². The average Bonchev–Trinajstić information content (AvgIpc) is 2.54. The van der Waals surface area contributed by atoms with Crippen molar-refractivity contribution in [1.29, 1.82) is 0 Å². The van der Waals surface area contributed by atoms with Gasteiger partial charge in [-0.3, -0.25) is 0 Å². The number of hydrogen-bond donors (Lipinski definition) is 2. The van der Waals surface area contributed by atoms with Crippen LogP contribution in [-0.2, 0) is 13.1 Å². The fraction of sp³-hybridized carbons (Fsp3) is 0.235. The number of rotatable bonds is 6. The van der Waals surface area contributed by atoms with Gasteiger partial charge in [-0.1, -0.05) is 41.9 Å². The molecule has 0 aliphatic heterocycles. The molecule has 2 aromatic carbocycles. The van der Waals surface area contributed by atoms with E-state index in [4.69, 9.17) is 16.3 Å². The fourth-order valence-corrected chi connectivity index (χ4v) is 2.13. The molecule has 2 rings (SSSR count). The summed E-state index contributed by atoms with van der Waals surface area (Å²) in [6, 6.07) is 14.8. The van der Waals surface area contributed by atoms with E-state index in [1.807, 2.05) is 49.4 Å². The molecular weight excluding hydrogens is 300 g/mol. The maximum absolute atomic E-state index is 11.8. The molecule has 5 heteroatoms. The van der Waals surface area contributed by atoms with Gasteiger partial charge in [0.25, 0.3) is 0 Å². The van der Waals surface area contributed by atoms with Crippen molar-refractivity contribution in [3.8, 4) is 5.75 Å². The number of amides is 2. The van der Waals surface area contributed by atoms with E-state index >= 15 is 0 Å². The van der Waals surface area contributed by atoms with Gasteiger partial charge in [0.15, 0.2) is 0 Å². The molecule has 0 fully saturated rings. The first-order valence-corrected chi connectivity index (χ1v) is 7.53. The molecule has 0 saturated carbocycles. The number of carbonyl (C=O) groups excluding carboxylic acids is 1. The van der Waals surface area contributed by atoms with E-state index in [-0.39, 0.29) is 6.03 Å². The Hall–Kier alpha value is -2.20. The third-order valence-electron chi connectivity index (χ3n) is 3.08. The summed E-state index contributed by atoms with van der Waals surface area (Å²) < 4.78 is 5.37. The molecule has 0 aromatic heterocycles. The van der Waals surface area contributed by atoms with Crippen molar-refractivity contribution >= 4 is 17.6 Å². The van der Waals surface area contributed by atoms with Crippen LogP contribution in [-0.4, -0.2) is 12.6 Å². The SMILES string of the molecule is CCOc1ccc(CNC(=O)NCc2ccccc2Cl)cc1. The third-order valence-corrected chi connectivity index (χ3v) is 3.45. The molecule has 4 nitrogen and oxygen atoms in total. The highest BCUT2D eigenvalue weighted by atomic mass is 35.5. The number of ether oxygens (including phenoxy) is 1. The number of benzene rings is 2. The van der Waals surface area contributed by atoms with Gasteiger partial charge in [0, 0.05) is 18.1 Å². The molecule has 2 amide bonds. The van der Waals surface area contributed by atoms with Crippen LogP contribution in [0.3, 0.4) is 0 Å². The number of carbonyl (C=O) groups is 1. The second kappa shape index (κ2) is 8.29. The smallest absolute Gasteiger partial charge is 0.315 e. The van der Waals surface area contributed by atoms with E-state index in [2.05, 4.69) is 10.6 Å². The van der Waals surface area contributed by atoms with Gasteiger partial charge >= 0.3 is 6.03 Å². The van der Waals surface area contributed by atoms with Crippen molar-refractivity contribution in [3.05, 3.63) is 64.7 Å². The standard InChI is InChI=1S/C17H19ClN2O2/c1-2-22-15-9-7-13(8-10-15)11-19-17(21)20-12-14-5-3-4-6-16(14)18/h3-10H,2,11-12H2,1H3,(H2,19,20,21). The Kier molecular flexibility index (Phi) is 6.10. The Bertz CT molecular complexity index is 614. The molecule has 0 aliphatic rings. The van der Waals surface area contributed by atoms with Gasteiger partial charge in [-0.15, -0.1) is 0 Å². The van der Waals surface area contributed by atoms with E-state index in [1.165, 1.54) is 0 Å². The average molecular weight is 319 g/mol. The van der Waals surface area contributed by atoms with Gasteiger partial charge < -0.3 is 15.4 Å². The zero-order valence-electron chi connectivity index (χ0n) is 12.4. The first-order chi connectivity index (χ1) is 10.7. The van der Waals surface area contributed by atoms with Crippen molar-refractivity contribution in [1.82, 2.24) is 10.6 Å². The largest absolute Gasteiger partial charge is 0.494 e. The minimum atomic E-state index is -0.228. The molecule has 2 aromatic rings. The second-order valence-corrected chi connectivity index (χ2v) is 5.11. The molecule has 0 aliphatic carbocycles. The molecule has 0 heterocycles.